The topological polar surface area (TPSA) is 13.1 Å². The Morgan fingerprint density at radius 2 is 0.843 bits per heavy atom. The molecular formula is C50H30O. The molecule has 0 bridgehead atoms. The molecule has 1 aromatic heterocycles. The van der Waals surface area contributed by atoms with Gasteiger partial charge in [0.25, 0.3) is 0 Å². The van der Waals surface area contributed by atoms with Crippen LogP contribution < -0.4 is 0 Å². The Morgan fingerprint density at radius 3 is 1.55 bits per heavy atom. The van der Waals surface area contributed by atoms with Crippen molar-refractivity contribution in [1.29, 1.82) is 0 Å². The SMILES string of the molecule is c1ccc(-c2cc(-c3c4ccccc4c(-c4cccc5c4ccc4ccccc45)c4ccccc34)c3c(c2)oc2cc4ccccc4cc23)cc1. The standard InChI is InChI=1S/C50H30O/c1-2-13-31(14-3-1)35-28-45(50-44-27-33-16-4-5-17-34(33)29-46(44)51-47(50)30-35)49-42-21-10-8-19-40(42)48(41-20-9-11-22-43(41)49)39-24-12-23-37-36-18-7-6-15-32(36)25-26-38(37)39/h1-30H. The number of benzene rings is 10. The average Bonchev–Trinajstić information content (AvgIpc) is 3.56. The zero-order valence-corrected chi connectivity index (χ0v) is 27.7. The zero-order valence-electron chi connectivity index (χ0n) is 27.7. The lowest BCUT2D eigenvalue weighted by Gasteiger charge is -2.20. The summed E-state index contributed by atoms with van der Waals surface area (Å²) < 4.78 is 6.79. The number of furan rings is 1. The summed E-state index contributed by atoms with van der Waals surface area (Å²) in [7, 11) is 0. The average molecular weight is 647 g/mol. The predicted molar refractivity (Wildman–Crippen MR) is 218 cm³/mol. The molecule has 0 aliphatic carbocycles. The third-order valence-electron chi connectivity index (χ3n) is 10.8. The zero-order chi connectivity index (χ0) is 33.5. The van der Waals surface area contributed by atoms with E-state index in [9.17, 15) is 0 Å². The van der Waals surface area contributed by atoms with E-state index in [1.807, 2.05) is 0 Å². The van der Waals surface area contributed by atoms with Gasteiger partial charge in [0.05, 0.1) is 0 Å². The Kier molecular flexibility index (Phi) is 6.02. The van der Waals surface area contributed by atoms with E-state index < -0.39 is 0 Å². The maximum Gasteiger partial charge on any atom is 0.136 e. The maximum absolute atomic E-state index is 6.79. The molecule has 0 fully saturated rings. The predicted octanol–water partition coefficient (Wildman–Crippen LogP) is 14.4. The summed E-state index contributed by atoms with van der Waals surface area (Å²) in [4.78, 5) is 0. The van der Waals surface area contributed by atoms with Crippen molar-refractivity contribution in [3.63, 3.8) is 0 Å². The van der Waals surface area contributed by atoms with Crippen LogP contribution >= 0.6 is 0 Å². The molecular weight excluding hydrogens is 617 g/mol. The van der Waals surface area contributed by atoms with Crippen LogP contribution in [0.2, 0.25) is 0 Å². The molecule has 0 aliphatic heterocycles. The van der Waals surface area contributed by atoms with Crippen LogP contribution in [0.5, 0.6) is 0 Å². The van der Waals surface area contributed by atoms with Crippen molar-refractivity contribution in [2.24, 2.45) is 0 Å². The highest BCUT2D eigenvalue weighted by atomic mass is 16.3. The quantitative estimate of drug-likeness (QED) is 0.138. The summed E-state index contributed by atoms with van der Waals surface area (Å²) >= 11 is 0. The molecule has 1 heterocycles. The van der Waals surface area contributed by atoms with Crippen molar-refractivity contribution in [2.75, 3.05) is 0 Å². The van der Waals surface area contributed by atoms with E-state index in [1.165, 1.54) is 81.7 Å². The van der Waals surface area contributed by atoms with Gasteiger partial charge in [-0.2, -0.15) is 0 Å². The number of hydrogen-bond acceptors (Lipinski definition) is 1. The van der Waals surface area contributed by atoms with E-state index in [-0.39, 0.29) is 0 Å². The fourth-order valence-electron chi connectivity index (χ4n) is 8.55. The Morgan fingerprint density at radius 1 is 0.275 bits per heavy atom. The minimum absolute atomic E-state index is 0.898. The molecule has 0 saturated heterocycles. The first-order valence-corrected chi connectivity index (χ1v) is 17.6. The van der Waals surface area contributed by atoms with Crippen LogP contribution in [-0.4, -0.2) is 0 Å². The first kappa shape index (κ1) is 28.2. The molecule has 0 unspecified atom stereocenters. The van der Waals surface area contributed by atoms with Gasteiger partial charge >= 0.3 is 0 Å². The van der Waals surface area contributed by atoms with Crippen LogP contribution in [0.4, 0.5) is 0 Å². The smallest absolute Gasteiger partial charge is 0.136 e. The third-order valence-corrected chi connectivity index (χ3v) is 10.8. The third kappa shape index (κ3) is 4.22. The summed E-state index contributed by atoms with van der Waals surface area (Å²) in [5.41, 5.74) is 9.04. The first-order chi connectivity index (χ1) is 25.3. The highest BCUT2D eigenvalue weighted by molar-refractivity contribution is 6.28. The molecule has 0 amide bonds. The summed E-state index contributed by atoms with van der Waals surface area (Å²) in [5, 5.41) is 14.7. The number of fused-ring (bicyclic) bond motifs is 9. The van der Waals surface area contributed by atoms with Crippen molar-refractivity contribution in [3.8, 4) is 33.4 Å². The van der Waals surface area contributed by atoms with Gasteiger partial charge in [-0.1, -0.05) is 158 Å². The number of hydrogen-bond donors (Lipinski definition) is 0. The van der Waals surface area contributed by atoms with Gasteiger partial charge in [0.15, 0.2) is 0 Å². The van der Waals surface area contributed by atoms with Crippen LogP contribution in [-0.2, 0) is 0 Å². The van der Waals surface area contributed by atoms with E-state index in [4.69, 9.17) is 4.42 Å². The molecule has 0 aliphatic rings. The van der Waals surface area contributed by atoms with E-state index in [0.29, 0.717) is 0 Å². The summed E-state index contributed by atoms with van der Waals surface area (Å²) in [6.45, 7) is 0. The largest absolute Gasteiger partial charge is 0.456 e. The normalized spacial score (nSPS) is 11.9. The molecule has 0 N–H and O–H groups in total. The van der Waals surface area contributed by atoms with Crippen LogP contribution in [0.25, 0.3) is 109 Å². The number of rotatable bonds is 3. The molecule has 0 atom stereocenters. The van der Waals surface area contributed by atoms with Gasteiger partial charge in [0, 0.05) is 10.8 Å². The first-order valence-electron chi connectivity index (χ1n) is 17.6. The lowest BCUT2D eigenvalue weighted by Crippen LogP contribution is -1.93. The van der Waals surface area contributed by atoms with Gasteiger partial charge in [-0.15, -0.1) is 0 Å². The van der Waals surface area contributed by atoms with Crippen molar-refractivity contribution < 1.29 is 4.42 Å². The Balaban J connectivity index is 1.30. The van der Waals surface area contributed by atoms with Gasteiger partial charge in [-0.3, -0.25) is 0 Å². The maximum atomic E-state index is 6.79. The summed E-state index contributed by atoms with van der Waals surface area (Å²) in [6, 6.07) is 66.3. The van der Waals surface area contributed by atoms with E-state index in [1.54, 1.807) is 0 Å². The fourth-order valence-corrected chi connectivity index (χ4v) is 8.55. The summed E-state index contributed by atoms with van der Waals surface area (Å²) in [5.74, 6) is 0. The molecule has 0 spiro atoms. The van der Waals surface area contributed by atoms with Crippen LogP contribution in [0.15, 0.2) is 186 Å². The molecule has 1 nitrogen and oxygen atoms in total. The van der Waals surface area contributed by atoms with Crippen molar-refractivity contribution >= 4 is 75.8 Å². The fraction of sp³-hybridized carbons (Fsp3) is 0. The highest BCUT2D eigenvalue weighted by Crippen LogP contribution is 2.49. The molecule has 0 saturated carbocycles. The Hall–Kier alpha value is -6.70. The van der Waals surface area contributed by atoms with Crippen molar-refractivity contribution in [3.05, 3.63) is 182 Å². The van der Waals surface area contributed by atoms with Crippen molar-refractivity contribution in [2.45, 2.75) is 0 Å². The molecule has 11 rings (SSSR count). The monoisotopic (exact) mass is 646 g/mol. The lowest BCUT2D eigenvalue weighted by atomic mass is 9.83. The van der Waals surface area contributed by atoms with Gasteiger partial charge in [0.1, 0.15) is 11.2 Å². The van der Waals surface area contributed by atoms with E-state index in [0.717, 1.165) is 27.5 Å². The lowest BCUT2D eigenvalue weighted by molar-refractivity contribution is 0.669. The van der Waals surface area contributed by atoms with Crippen LogP contribution in [0.1, 0.15) is 0 Å². The van der Waals surface area contributed by atoms with E-state index in [2.05, 4.69) is 182 Å². The van der Waals surface area contributed by atoms with Gasteiger partial charge in [-0.25, -0.2) is 0 Å². The second-order valence-electron chi connectivity index (χ2n) is 13.6. The molecule has 51 heavy (non-hydrogen) atoms. The molecule has 11 aromatic rings. The van der Waals surface area contributed by atoms with Gasteiger partial charge < -0.3 is 4.42 Å². The second kappa shape index (κ2) is 10.9. The van der Waals surface area contributed by atoms with Crippen LogP contribution in [0, 0.1) is 0 Å². The Labute approximate surface area is 294 Å². The van der Waals surface area contributed by atoms with Crippen molar-refractivity contribution in [1.82, 2.24) is 0 Å². The molecule has 0 radical (unpaired) electrons. The minimum Gasteiger partial charge on any atom is -0.456 e. The van der Waals surface area contributed by atoms with Gasteiger partial charge in [-0.05, 0) is 112 Å². The molecule has 1 heteroatoms. The molecule has 236 valence electrons. The minimum atomic E-state index is 0.898. The van der Waals surface area contributed by atoms with Crippen LogP contribution in [0.3, 0.4) is 0 Å². The highest BCUT2D eigenvalue weighted by Gasteiger charge is 2.22. The second-order valence-corrected chi connectivity index (χ2v) is 13.6. The Bertz CT molecular complexity index is 3130. The summed E-state index contributed by atoms with van der Waals surface area (Å²) in [6.07, 6.45) is 0. The molecule has 10 aromatic carbocycles. The van der Waals surface area contributed by atoms with Gasteiger partial charge in [0.2, 0.25) is 0 Å². The van der Waals surface area contributed by atoms with E-state index >= 15 is 0 Å².